The molecule has 0 radical (unpaired) electrons. The molecule has 1 saturated heterocycles. The molecule has 2 aliphatic rings. The summed E-state index contributed by atoms with van der Waals surface area (Å²) in [7, 11) is 1.84. The SMILES string of the molecule is CN=C(NCCCOCC1CCOC1)NCC1(C)CCCC1. The molecule has 1 atom stereocenters. The van der Waals surface area contributed by atoms with E-state index in [0.717, 1.165) is 58.3 Å². The number of hydrogen-bond donors (Lipinski definition) is 2. The monoisotopic (exact) mass is 311 g/mol. The van der Waals surface area contributed by atoms with Crippen LogP contribution in [0, 0.1) is 11.3 Å². The highest BCUT2D eigenvalue weighted by atomic mass is 16.5. The molecule has 2 fully saturated rings. The summed E-state index contributed by atoms with van der Waals surface area (Å²) in [4.78, 5) is 4.30. The zero-order chi connectivity index (χ0) is 15.7. The van der Waals surface area contributed by atoms with Crippen LogP contribution < -0.4 is 10.6 Å². The summed E-state index contributed by atoms with van der Waals surface area (Å²) in [6, 6.07) is 0. The molecule has 128 valence electrons. The molecule has 0 amide bonds. The normalized spacial score (nSPS) is 24.6. The van der Waals surface area contributed by atoms with E-state index in [0.29, 0.717) is 11.3 Å². The number of ether oxygens (including phenoxy) is 2. The summed E-state index contributed by atoms with van der Waals surface area (Å²) >= 11 is 0. The molecule has 1 saturated carbocycles. The van der Waals surface area contributed by atoms with Crippen LogP contribution >= 0.6 is 0 Å². The predicted molar refractivity (Wildman–Crippen MR) is 90.3 cm³/mol. The van der Waals surface area contributed by atoms with E-state index in [2.05, 4.69) is 22.5 Å². The van der Waals surface area contributed by atoms with E-state index in [9.17, 15) is 0 Å². The van der Waals surface area contributed by atoms with Crippen molar-refractivity contribution in [3.8, 4) is 0 Å². The second kappa shape index (κ2) is 9.36. The lowest BCUT2D eigenvalue weighted by molar-refractivity contribution is 0.0888. The Morgan fingerprint density at radius 2 is 2.14 bits per heavy atom. The molecular formula is C17H33N3O2. The minimum Gasteiger partial charge on any atom is -0.381 e. The van der Waals surface area contributed by atoms with E-state index >= 15 is 0 Å². The molecule has 22 heavy (non-hydrogen) atoms. The number of aliphatic imine (C=N–C) groups is 1. The van der Waals surface area contributed by atoms with Crippen LogP contribution in [0.3, 0.4) is 0 Å². The van der Waals surface area contributed by atoms with E-state index in [1.165, 1.54) is 25.7 Å². The average molecular weight is 311 g/mol. The van der Waals surface area contributed by atoms with Crippen molar-refractivity contribution in [3.63, 3.8) is 0 Å². The maximum atomic E-state index is 5.71. The first-order valence-electron chi connectivity index (χ1n) is 8.82. The Labute approximate surface area is 135 Å². The molecule has 0 aromatic carbocycles. The number of guanidine groups is 1. The fraction of sp³-hybridized carbons (Fsp3) is 0.941. The molecule has 5 heteroatoms. The van der Waals surface area contributed by atoms with Crippen LogP contribution in [0.1, 0.15) is 45.4 Å². The van der Waals surface area contributed by atoms with E-state index in [1.54, 1.807) is 0 Å². The topological polar surface area (TPSA) is 54.9 Å². The Morgan fingerprint density at radius 1 is 1.32 bits per heavy atom. The number of nitrogens with zero attached hydrogens (tertiary/aromatic N) is 1. The quantitative estimate of drug-likeness (QED) is 0.410. The predicted octanol–water partition coefficient (Wildman–Crippen LogP) is 2.17. The molecule has 0 bridgehead atoms. The van der Waals surface area contributed by atoms with Crippen LogP contribution in [0.25, 0.3) is 0 Å². The molecule has 0 aromatic rings. The fourth-order valence-corrected chi connectivity index (χ4v) is 3.27. The maximum absolute atomic E-state index is 5.71. The number of rotatable bonds is 8. The average Bonchev–Trinajstić information content (AvgIpc) is 3.18. The third-order valence-corrected chi connectivity index (χ3v) is 4.85. The number of nitrogens with one attached hydrogen (secondary N) is 2. The van der Waals surface area contributed by atoms with Crippen LogP contribution in [-0.4, -0.2) is 52.5 Å². The Bertz CT molecular complexity index is 335. The van der Waals surface area contributed by atoms with Gasteiger partial charge in [0.1, 0.15) is 0 Å². The zero-order valence-corrected chi connectivity index (χ0v) is 14.3. The van der Waals surface area contributed by atoms with Gasteiger partial charge in [-0.1, -0.05) is 19.8 Å². The fourth-order valence-electron chi connectivity index (χ4n) is 3.27. The van der Waals surface area contributed by atoms with E-state index in [-0.39, 0.29) is 0 Å². The molecule has 0 aromatic heterocycles. The van der Waals surface area contributed by atoms with Crippen molar-refractivity contribution >= 4 is 5.96 Å². The van der Waals surface area contributed by atoms with Crippen LogP contribution in [0.2, 0.25) is 0 Å². The van der Waals surface area contributed by atoms with Crippen LogP contribution in [0.4, 0.5) is 0 Å². The van der Waals surface area contributed by atoms with Gasteiger partial charge in [0.25, 0.3) is 0 Å². The molecule has 1 unspecified atom stereocenters. The van der Waals surface area contributed by atoms with Crippen LogP contribution in [0.15, 0.2) is 4.99 Å². The zero-order valence-electron chi connectivity index (χ0n) is 14.3. The van der Waals surface area contributed by atoms with Gasteiger partial charge in [-0.2, -0.15) is 0 Å². The lowest BCUT2D eigenvalue weighted by atomic mass is 9.89. The van der Waals surface area contributed by atoms with E-state index < -0.39 is 0 Å². The first-order chi connectivity index (χ1) is 10.7. The summed E-state index contributed by atoms with van der Waals surface area (Å²) in [6.07, 6.45) is 7.55. The molecular weight excluding hydrogens is 278 g/mol. The van der Waals surface area contributed by atoms with E-state index in [4.69, 9.17) is 9.47 Å². The van der Waals surface area contributed by atoms with E-state index in [1.807, 2.05) is 7.05 Å². The Morgan fingerprint density at radius 3 is 2.82 bits per heavy atom. The second-order valence-corrected chi connectivity index (χ2v) is 7.03. The lowest BCUT2D eigenvalue weighted by Gasteiger charge is -2.25. The van der Waals surface area contributed by atoms with Gasteiger partial charge in [0, 0.05) is 39.3 Å². The van der Waals surface area contributed by atoms with Gasteiger partial charge in [0.15, 0.2) is 5.96 Å². The van der Waals surface area contributed by atoms with Crippen molar-refractivity contribution in [1.82, 2.24) is 10.6 Å². The van der Waals surface area contributed by atoms with Gasteiger partial charge in [-0.05, 0) is 31.1 Å². The standard InChI is InChI=1S/C17H33N3O2/c1-17(7-3-4-8-17)14-20-16(18-2)19-9-5-10-21-12-15-6-11-22-13-15/h15H,3-14H2,1-2H3,(H2,18,19,20). The summed E-state index contributed by atoms with van der Waals surface area (Å²) in [5, 5.41) is 6.84. The summed E-state index contributed by atoms with van der Waals surface area (Å²) in [5.74, 6) is 1.52. The van der Waals surface area contributed by atoms with Gasteiger partial charge < -0.3 is 20.1 Å². The first-order valence-corrected chi connectivity index (χ1v) is 8.82. The first kappa shape index (κ1) is 17.5. The summed E-state index contributed by atoms with van der Waals surface area (Å²) in [6.45, 7) is 7.71. The molecule has 1 aliphatic heterocycles. The molecule has 1 heterocycles. The highest BCUT2D eigenvalue weighted by molar-refractivity contribution is 5.79. The third-order valence-electron chi connectivity index (χ3n) is 4.85. The van der Waals surface area contributed by atoms with Crippen molar-refractivity contribution in [1.29, 1.82) is 0 Å². The maximum Gasteiger partial charge on any atom is 0.190 e. The molecule has 0 spiro atoms. The highest BCUT2D eigenvalue weighted by Gasteiger charge is 2.28. The lowest BCUT2D eigenvalue weighted by Crippen LogP contribution is -2.42. The van der Waals surface area contributed by atoms with Gasteiger partial charge in [0.2, 0.25) is 0 Å². The van der Waals surface area contributed by atoms with Crippen LogP contribution in [0.5, 0.6) is 0 Å². The van der Waals surface area contributed by atoms with Crippen molar-refractivity contribution in [2.24, 2.45) is 16.3 Å². The summed E-state index contributed by atoms with van der Waals surface area (Å²) < 4.78 is 11.1. The molecule has 2 N–H and O–H groups in total. The molecule has 2 rings (SSSR count). The van der Waals surface area contributed by atoms with Crippen molar-refractivity contribution in [2.45, 2.75) is 45.4 Å². The van der Waals surface area contributed by atoms with Gasteiger partial charge >= 0.3 is 0 Å². The number of hydrogen-bond acceptors (Lipinski definition) is 3. The summed E-state index contributed by atoms with van der Waals surface area (Å²) in [5.41, 5.74) is 0.448. The molecule has 1 aliphatic carbocycles. The minimum atomic E-state index is 0.448. The van der Waals surface area contributed by atoms with Gasteiger partial charge in [-0.15, -0.1) is 0 Å². The Balaban J connectivity index is 1.49. The largest absolute Gasteiger partial charge is 0.381 e. The second-order valence-electron chi connectivity index (χ2n) is 7.03. The minimum absolute atomic E-state index is 0.448. The van der Waals surface area contributed by atoms with Gasteiger partial charge in [-0.3, -0.25) is 4.99 Å². The Kier molecular flexibility index (Phi) is 7.46. The van der Waals surface area contributed by atoms with Gasteiger partial charge in [-0.25, -0.2) is 0 Å². The van der Waals surface area contributed by atoms with Crippen LogP contribution in [-0.2, 0) is 9.47 Å². The third kappa shape index (κ3) is 6.13. The molecule has 5 nitrogen and oxygen atoms in total. The van der Waals surface area contributed by atoms with Crippen molar-refractivity contribution < 1.29 is 9.47 Å². The Hall–Kier alpha value is -0.810. The smallest absolute Gasteiger partial charge is 0.190 e. The van der Waals surface area contributed by atoms with Gasteiger partial charge in [0.05, 0.1) is 13.2 Å². The van der Waals surface area contributed by atoms with Crippen molar-refractivity contribution in [2.75, 3.05) is 46.6 Å². The van der Waals surface area contributed by atoms with Crippen molar-refractivity contribution in [3.05, 3.63) is 0 Å². The highest BCUT2D eigenvalue weighted by Crippen LogP contribution is 2.36.